The Balaban J connectivity index is 2.24. The molecule has 0 aliphatic carbocycles. The van der Waals surface area contributed by atoms with E-state index in [1.807, 2.05) is 0 Å². The number of carbonyl (C=O) groups excluding carboxylic acids is 1. The lowest BCUT2D eigenvalue weighted by molar-refractivity contribution is -0.114. The van der Waals surface area contributed by atoms with Gasteiger partial charge in [-0.25, -0.2) is 0 Å². The Labute approximate surface area is 177 Å². The third-order valence-electron chi connectivity index (χ3n) is 4.04. The van der Waals surface area contributed by atoms with Gasteiger partial charge in [0.15, 0.2) is 0 Å². The minimum absolute atomic E-state index is 0.0971. The maximum Gasteiger partial charge on any atom is 0.295 e. The van der Waals surface area contributed by atoms with Crippen molar-refractivity contribution >= 4 is 59.7 Å². The van der Waals surface area contributed by atoms with Crippen LogP contribution in [0.15, 0.2) is 68.6 Å². The quantitative estimate of drug-likeness (QED) is 0.380. The Morgan fingerprint density at radius 3 is 2.19 bits per heavy atom. The summed E-state index contributed by atoms with van der Waals surface area (Å²) in [6, 6.07) is 9.80. The first-order valence-electron chi connectivity index (χ1n) is 8.43. The fraction of sp³-hybridized carbons (Fsp3) is 0.0556. The number of rotatable bonds is 5. The molecule has 13 heteroatoms. The van der Waals surface area contributed by atoms with Crippen LogP contribution in [0, 0.1) is 0 Å². The van der Waals surface area contributed by atoms with E-state index in [9.17, 15) is 30.7 Å². The van der Waals surface area contributed by atoms with Gasteiger partial charge in [-0.05, 0) is 36.4 Å². The van der Waals surface area contributed by atoms with Crippen molar-refractivity contribution in [3.63, 3.8) is 0 Å². The van der Waals surface area contributed by atoms with E-state index in [1.165, 1.54) is 43.3 Å². The molecule has 0 heterocycles. The van der Waals surface area contributed by atoms with Crippen LogP contribution in [0.1, 0.15) is 6.92 Å². The van der Waals surface area contributed by atoms with Gasteiger partial charge in [-0.3, -0.25) is 13.9 Å². The molecule has 1 amide bonds. The van der Waals surface area contributed by atoms with Gasteiger partial charge in [0, 0.05) is 17.7 Å². The smallest absolute Gasteiger partial charge is 0.295 e. The van der Waals surface area contributed by atoms with E-state index in [-0.39, 0.29) is 33.5 Å². The number of nitrogens with zero attached hydrogens (tertiary/aromatic N) is 2. The second-order valence-electron chi connectivity index (χ2n) is 6.36. The highest BCUT2D eigenvalue weighted by Gasteiger charge is 2.21. The number of azo groups is 1. The Kier molecular flexibility index (Phi) is 5.78. The van der Waals surface area contributed by atoms with Crippen LogP contribution in [0.25, 0.3) is 10.8 Å². The molecule has 4 N–H and O–H groups in total. The Bertz CT molecular complexity index is 1450. The van der Waals surface area contributed by atoms with E-state index in [2.05, 4.69) is 15.5 Å². The Morgan fingerprint density at radius 1 is 0.903 bits per heavy atom. The molecule has 0 spiro atoms. The fourth-order valence-electron chi connectivity index (χ4n) is 2.83. The molecule has 161 valence electrons. The molecule has 0 atom stereocenters. The first-order valence-corrected chi connectivity index (χ1v) is 11.3. The molecular weight excluding hydrogens is 448 g/mol. The van der Waals surface area contributed by atoms with Gasteiger partial charge in [0.1, 0.15) is 15.5 Å². The molecule has 0 aromatic heterocycles. The summed E-state index contributed by atoms with van der Waals surface area (Å²) in [6.45, 7) is 1.26. The number of benzene rings is 3. The predicted molar refractivity (Wildman–Crippen MR) is 111 cm³/mol. The summed E-state index contributed by atoms with van der Waals surface area (Å²) >= 11 is 0. The molecule has 0 aliphatic rings. The number of carbonyl (C=O) groups is 1. The highest BCUT2D eigenvalue weighted by Crippen LogP contribution is 2.35. The summed E-state index contributed by atoms with van der Waals surface area (Å²) in [4.78, 5) is 10.2. The topological polar surface area (TPSA) is 186 Å². The SMILES string of the molecule is CC(=O)Nc1cc([NH])ccc1N=Nc1cc(S(=O)(=O)O)c2cccc(S(=O)(=O)O)c2c1. The van der Waals surface area contributed by atoms with Crippen LogP contribution in [0.5, 0.6) is 0 Å². The number of hydrogen-bond donors (Lipinski definition) is 3. The Morgan fingerprint density at radius 2 is 1.58 bits per heavy atom. The predicted octanol–water partition coefficient (Wildman–Crippen LogP) is 3.62. The van der Waals surface area contributed by atoms with Gasteiger partial charge in [0.2, 0.25) is 5.91 Å². The summed E-state index contributed by atoms with van der Waals surface area (Å²) in [6.07, 6.45) is 0. The van der Waals surface area contributed by atoms with Crippen LogP contribution < -0.4 is 11.1 Å². The maximum absolute atomic E-state index is 11.9. The second kappa shape index (κ2) is 8.03. The van der Waals surface area contributed by atoms with Crippen LogP contribution in [0.2, 0.25) is 0 Å². The molecule has 3 aromatic rings. The molecule has 11 nitrogen and oxygen atoms in total. The van der Waals surface area contributed by atoms with Crippen LogP contribution in [0.4, 0.5) is 22.7 Å². The number of nitrogens with one attached hydrogen (secondary N) is 2. The van der Waals surface area contributed by atoms with Gasteiger partial charge in [-0.2, -0.15) is 21.9 Å². The van der Waals surface area contributed by atoms with E-state index in [1.54, 1.807) is 0 Å². The van der Waals surface area contributed by atoms with Crippen molar-refractivity contribution in [1.29, 1.82) is 0 Å². The third-order valence-corrected chi connectivity index (χ3v) is 5.84. The standard InChI is InChI=1S/C18H15N4O7S2/c1-10(23)20-16-7-11(19)5-6-15(16)22-21-12-8-14-13(18(9-12)31(27,28)29)3-2-4-17(14)30(24,25)26/h2-9,19H,1H3,(H,20,23)(H,24,25,26)(H,27,28,29). The highest BCUT2D eigenvalue weighted by atomic mass is 32.2. The van der Waals surface area contributed by atoms with Crippen LogP contribution in [-0.2, 0) is 25.0 Å². The number of anilines is 1. The molecule has 0 saturated heterocycles. The molecule has 3 aromatic carbocycles. The van der Waals surface area contributed by atoms with Gasteiger partial charge >= 0.3 is 0 Å². The maximum atomic E-state index is 11.9. The molecule has 31 heavy (non-hydrogen) atoms. The first-order chi connectivity index (χ1) is 14.4. The monoisotopic (exact) mass is 463 g/mol. The lowest BCUT2D eigenvalue weighted by Crippen LogP contribution is -2.05. The van der Waals surface area contributed by atoms with Gasteiger partial charge in [0.05, 0.1) is 17.1 Å². The zero-order valence-electron chi connectivity index (χ0n) is 15.8. The number of hydrogen-bond acceptors (Lipinski definition) is 7. The van der Waals surface area contributed by atoms with E-state index < -0.39 is 35.9 Å². The van der Waals surface area contributed by atoms with Crippen LogP contribution >= 0.6 is 0 Å². The zero-order valence-corrected chi connectivity index (χ0v) is 17.4. The molecule has 0 saturated carbocycles. The van der Waals surface area contributed by atoms with Crippen molar-refractivity contribution in [2.75, 3.05) is 5.32 Å². The summed E-state index contributed by atoms with van der Waals surface area (Å²) in [5, 5.41) is 9.96. The van der Waals surface area contributed by atoms with Crippen molar-refractivity contribution in [2.24, 2.45) is 10.2 Å². The third kappa shape index (κ3) is 5.03. The average molecular weight is 463 g/mol. The van der Waals surface area contributed by atoms with E-state index in [0.29, 0.717) is 0 Å². The van der Waals surface area contributed by atoms with Crippen molar-refractivity contribution < 1.29 is 30.7 Å². The van der Waals surface area contributed by atoms with Crippen LogP contribution in [0.3, 0.4) is 0 Å². The zero-order chi connectivity index (χ0) is 23.0. The molecule has 3 rings (SSSR count). The van der Waals surface area contributed by atoms with E-state index in [0.717, 1.165) is 12.1 Å². The second-order valence-corrected chi connectivity index (χ2v) is 9.14. The van der Waals surface area contributed by atoms with Crippen molar-refractivity contribution in [2.45, 2.75) is 16.7 Å². The normalized spacial score (nSPS) is 12.4. The summed E-state index contributed by atoms with van der Waals surface area (Å²) in [5.41, 5.74) is 7.91. The molecule has 0 bridgehead atoms. The summed E-state index contributed by atoms with van der Waals surface area (Å²) < 4.78 is 66.2. The summed E-state index contributed by atoms with van der Waals surface area (Å²) in [7, 11) is -9.50. The molecule has 0 aliphatic heterocycles. The first kappa shape index (κ1) is 22.3. The largest absolute Gasteiger partial charge is 0.324 e. The molecule has 0 fully saturated rings. The highest BCUT2D eigenvalue weighted by molar-refractivity contribution is 7.86. The van der Waals surface area contributed by atoms with Crippen molar-refractivity contribution in [3.8, 4) is 0 Å². The Hall–Kier alpha value is -3.39. The lowest BCUT2D eigenvalue weighted by Gasteiger charge is -2.09. The van der Waals surface area contributed by atoms with Gasteiger partial charge in [0.25, 0.3) is 20.2 Å². The van der Waals surface area contributed by atoms with E-state index in [4.69, 9.17) is 5.73 Å². The van der Waals surface area contributed by atoms with Gasteiger partial charge < -0.3 is 11.1 Å². The van der Waals surface area contributed by atoms with Crippen molar-refractivity contribution in [1.82, 2.24) is 5.73 Å². The van der Waals surface area contributed by atoms with Gasteiger partial charge in [-0.1, -0.05) is 12.1 Å². The minimum atomic E-state index is -4.79. The van der Waals surface area contributed by atoms with Crippen molar-refractivity contribution in [3.05, 3.63) is 48.5 Å². The van der Waals surface area contributed by atoms with Gasteiger partial charge in [-0.15, -0.1) is 5.11 Å². The van der Waals surface area contributed by atoms with Crippen LogP contribution in [-0.4, -0.2) is 31.8 Å². The number of fused-ring (bicyclic) bond motifs is 1. The minimum Gasteiger partial charge on any atom is -0.324 e. The lowest BCUT2D eigenvalue weighted by atomic mass is 10.1. The average Bonchev–Trinajstić information content (AvgIpc) is 2.64. The number of amides is 1. The molecule has 0 unspecified atom stereocenters. The molecule has 1 radical (unpaired) electrons. The fourth-order valence-corrected chi connectivity index (χ4v) is 4.25. The molecular formula is C18H15N4O7S2. The summed E-state index contributed by atoms with van der Waals surface area (Å²) in [5.74, 6) is -0.417. The van der Waals surface area contributed by atoms with E-state index >= 15 is 0 Å².